The Morgan fingerprint density at radius 2 is 2.00 bits per heavy atom. The first-order valence-electron chi connectivity index (χ1n) is 10.9. The number of carboxylic acid groups (broad SMARTS) is 1. The Bertz CT molecular complexity index is 1570. The Morgan fingerprint density at radius 1 is 1.12 bits per heavy atom. The van der Waals surface area contributed by atoms with Crippen molar-refractivity contribution in [1.29, 1.82) is 0 Å². The van der Waals surface area contributed by atoms with Crippen molar-refractivity contribution in [3.05, 3.63) is 83.7 Å². The number of fused-ring (bicyclic) bond motifs is 2. The molecule has 1 atom stereocenters. The molecule has 5 aromatic rings. The predicted octanol–water partition coefficient (Wildman–Crippen LogP) is 5.20. The quantitative estimate of drug-likeness (QED) is 0.386. The Hall–Kier alpha value is -4.27. The van der Waals surface area contributed by atoms with E-state index >= 15 is 0 Å². The second-order valence-electron chi connectivity index (χ2n) is 8.42. The fraction of sp³-hybridized carbons (Fsp3) is 0.160. The van der Waals surface area contributed by atoms with Gasteiger partial charge in [0.15, 0.2) is 5.65 Å². The maximum Gasteiger partial charge on any atom is 0.335 e. The second-order valence-corrected chi connectivity index (χ2v) is 8.42. The number of carbonyl (C=O) groups is 1. The highest BCUT2D eigenvalue weighted by molar-refractivity contribution is 5.96. The van der Waals surface area contributed by atoms with E-state index < -0.39 is 17.6 Å². The molecule has 34 heavy (non-hydrogen) atoms. The molecule has 170 valence electrons. The number of aromatic nitrogens is 4. The van der Waals surface area contributed by atoms with Gasteiger partial charge in [-0.05, 0) is 61.4 Å². The Balaban J connectivity index is 1.41. The summed E-state index contributed by atoms with van der Waals surface area (Å²) in [5, 5.41) is 14.4. The molecule has 4 heterocycles. The van der Waals surface area contributed by atoms with E-state index in [-0.39, 0.29) is 11.6 Å². The van der Waals surface area contributed by atoms with E-state index in [0.29, 0.717) is 30.0 Å². The van der Waals surface area contributed by atoms with Gasteiger partial charge in [-0.1, -0.05) is 0 Å². The smallest absolute Gasteiger partial charge is 0.335 e. The standard InChI is InChI=1S/C25H19F2N5O2/c26-16-4-5-19(27)17(12-16)22-2-1-8-31(22)23-7-9-32-24(30-23)18(13-28-32)21-11-15-10-14(25(33)34)3-6-20(15)29-21/h3-7,9-13,22,29H,1-2,8H2,(H,33,34)/t22-/m1/s1. The topological polar surface area (TPSA) is 86.5 Å². The molecule has 9 heteroatoms. The summed E-state index contributed by atoms with van der Waals surface area (Å²) in [5.74, 6) is -1.22. The molecule has 0 aliphatic carbocycles. The first-order chi connectivity index (χ1) is 16.5. The summed E-state index contributed by atoms with van der Waals surface area (Å²) in [6.07, 6.45) is 5.03. The minimum atomic E-state index is -0.984. The lowest BCUT2D eigenvalue weighted by Crippen LogP contribution is -2.24. The third-order valence-corrected chi connectivity index (χ3v) is 6.38. The monoisotopic (exact) mass is 459 g/mol. The Kier molecular flexibility index (Phi) is 4.58. The van der Waals surface area contributed by atoms with Gasteiger partial charge >= 0.3 is 5.97 Å². The minimum Gasteiger partial charge on any atom is -0.478 e. The predicted molar refractivity (Wildman–Crippen MR) is 123 cm³/mol. The maximum absolute atomic E-state index is 14.5. The zero-order valence-electron chi connectivity index (χ0n) is 17.9. The molecule has 2 N–H and O–H groups in total. The van der Waals surface area contributed by atoms with Crippen LogP contribution < -0.4 is 4.90 Å². The van der Waals surface area contributed by atoms with Crippen molar-refractivity contribution in [2.75, 3.05) is 11.4 Å². The first-order valence-corrected chi connectivity index (χ1v) is 10.9. The van der Waals surface area contributed by atoms with Crippen molar-refractivity contribution >= 4 is 28.3 Å². The van der Waals surface area contributed by atoms with Crippen molar-refractivity contribution < 1.29 is 18.7 Å². The van der Waals surface area contributed by atoms with Gasteiger partial charge in [0.25, 0.3) is 0 Å². The van der Waals surface area contributed by atoms with E-state index in [0.717, 1.165) is 34.6 Å². The van der Waals surface area contributed by atoms with Crippen LogP contribution in [0.3, 0.4) is 0 Å². The summed E-state index contributed by atoms with van der Waals surface area (Å²) in [5.41, 5.74) is 3.46. The van der Waals surface area contributed by atoms with Crippen LogP contribution in [0.5, 0.6) is 0 Å². The van der Waals surface area contributed by atoms with Crippen molar-refractivity contribution in [3.8, 4) is 11.3 Å². The fourth-order valence-corrected chi connectivity index (χ4v) is 4.75. The molecular formula is C25H19F2N5O2. The molecule has 7 nitrogen and oxygen atoms in total. The van der Waals surface area contributed by atoms with E-state index in [1.54, 1.807) is 35.1 Å². The molecule has 1 fully saturated rings. The number of benzene rings is 2. The lowest BCUT2D eigenvalue weighted by molar-refractivity contribution is 0.0697. The largest absolute Gasteiger partial charge is 0.478 e. The molecule has 1 saturated heterocycles. The molecule has 2 aromatic carbocycles. The molecule has 0 spiro atoms. The first kappa shape index (κ1) is 20.3. The third kappa shape index (κ3) is 3.28. The van der Waals surface area contributed by atoms with Gasteiger partial charge in [0.1, 0.15) is 17.5 Å². The Labute approximate surface area is 192 Å². The third-order valence-electron chi connectivity index (χ3n) is 6.38. The van der Waals surface area contributed by atoms with Gasteiger partial charge in [-0.25, -0.2) is 23.1 Å². The van der Waals surface area contributed by atoms with Gasteiger partial charge in [0, 0.05) is 29.2 Å². The number of aromatic carboxylic acids is 1. The van der Waals surface area contributed by atoms with Crippen LogP contribution in [-0.2, 0) is 0 Å². The zero-order chi connectivity index (χ0) is 23.4. The van der Waals surface area contributed by atoms with Crippen LogP contribution in [0.2, 0.25) is 0 Å². The molecule has 0 unspecified atom stereocenters. The number of anilines is 1. The molecular weight excluding hydrogens is 440 g/mol. The molecule has 3 aromatic heterocycles. The van der Waals surface area contributed by atoms with Gasteiger partial charge in [0.2, 0.25) is 0 Å². The molecule has 0 bridgehead atoms. The average molecular weight is 459 g/mol. The molecule has 0 amide bonds. The number of nitrogens with one attached hydrogen (secondary N) is 1. The van der Waals surface area contributed by atoms with Crippen molar-refractivity contribution in [1.82, 2.24) is 19.6 Å². The average Bonchev–Trinajstić information content (AvgIpc) is 3.57. The van der Waals surface area contributed by atoms with Crippen LogP contribution >= 0.6 is 0 Å². The number of rotatable bonds is 4. The van der Waals surface area contributed by atoms with Gasteiger partial charge in [-0.2, -0.15) is 5.10 Å². The van der Waals surface area contributed by atoms with E-state index in [1.165, 1.54) is 12.1 Å². The zero-order valence-corrected chi connectivity index (χ0v) is 17.9. The van der Waals surface area contributed by atoms with Crippen LogP contribution in [0.15, 0.2) is 60.9 Å². The number of aromatic amines is 1. The van der Waals surface area contributed by atoms with Crippen LogP contribution in [0.1, 0.15) is 34.8 Å². The number of hydrogen-bond acceptors (Lipinski definition) is 4. The number of nitrogens with zero attached hydrogens (tertiary/aromatic N) is 4. The minimum absolute atomic E-state index is 0.211. The summed E-state index contributed by atoms with van der Waals surface area (Å²) in [6.45, 7) is 0.678. The van der Waals surface area contributed by atoms with Crippen LogP contribution in [0.25, 0.3) is 27.8 Å². The second kappa shape index (κ2) is 7.65. The molecule has 1 aliphatic rings. The summed E-state index contributed by atoms with van der Waals surface area (Å²) in [4.78, 5) is 21.4. The van der Waals surface area contributed by atoms with Crippen LogP contribution in [-0.4, -0.2) is 37.2 Å². The number of halogens is 2. The summed E-state index contributed by atoms with van der Waals surface area (Å²) >= 11 is 0. The van der Waals surface area contributed by atoms with Crippen molar-refractivity contribution in [2.24, 2.45) is 0 Å². The van der Waals surface area contributed by atoms with Crippen molar-refractivity contribution in [3.63, 3.8) is 0 Å². The van der Waals surface area contributed by atoms with E-state index in [2.05, 4.69) is 10.1 Å². The van der Waals surface area contributed by atoms with Crippen LogP contribution in [0.4, 0.5) is 14.6 Å². The number of H-pyrrole nitrogens is 1. The number of hydrogen-bond donors (Lipinski definition) is 2. The lowest BCUT2D eigenvalue weighted by Gasteiger charge is -2.26. The molecule has 0 radical (unpaired) electrons. The lowest BCUT2D eigenvalue weighted by atomic mass is 10.0. The summed E-state index contributed by atoms with van der Waals surface area (Å²) < 4.78 is 30.0. The SMILES string of the molecule is O=C(O)c1ccc2[nH]c(-c3cnn4ccc(N5CCC[C@@H]5c5cc(F)ccc5F)nc34)cc2c1. The van der Waals surface area contributed by atoms with Gasteiger partial charge in [0.05, 0.1) is 29.1 Å². The highest BCUT2D eigenvalue weighted by Gasteiger charge is 2.30. The molecule has 6 rings (SSSR count). The molecule has 1 aliphatic heterocycles. The normalized spacial score (nSPS) is 16.1. The van der Waals surface area contributed by atoms with Gasteiger partial charge in [-0.3, -0.25) is 0 Å². The van der Waals surface area contributed by atoms with E-state index in [4.69, 9.17) is 4.98 Å². The highest BCUT2D eigenvalue weighted by Crippen LogP contribution is 2.37. The summed E-state index contributed by atoms with van der Waals surface area (Å²) in [6, 6.07) is 11.8. The fourth-order valence-electron chi connectivity index (χ4n) is 4.75. The van der Waals surface area contributed by atoms with E-state index in [1.807, 2.05) is 17.0 Å². The van der Waals surface area contributed by atoms with Crippen molar-refractivity contribution in [2.45, 2.75) is 18.9 Å². The maximum atomic E-state index is 14.5. The summed E-state index contributed by atoms with van der Waals surface area (Å²) in [7, 11) is 0. The van der Waals surface area contributed by atoms with Gasteiger partial charge < -0.3 is 15.0 Å². The molecule has 0 saturated carbocycles. The van der Waals surface area contributed by atoms with E-state index in [9.17, 15) is 18.7 Å². The van der Waals surface area contributed by atoms with Crippen LogP contribution in [0, 0.1) is 11.6 Å². The van der Waals surface area contributed by atoms with Gasteiger partial charge in [-0.15, -0.1) is 0 Å². The number of carboxylic acids is 1. The Morgan fingerprint density at radius 3 is 2.85 bits per heavy atom. The highest BCUT2D eigenvalue weighted by atomic mass is 19.1.